The highest BCUT2D eigenvalue weighted by Gasteiger charge is 2.44. The van der Waals surface area contributed by atoms with Crippen LogP contribution in [0.1, 0.15) is 123 Å². The minimum absolute atomic E-state index is 0.221. The molecule has 5 N–H and O–H groups in total. The molecule has 0 bridgehead atoms. The number of likely N-dealkylation sites (tertiary alicyclic amines) is 2. The average Bonchev–Trinajstić information content (AvgIpc) is 3.64. The van der Waals surface area contributed by atoms with Crippen LogP contribution in [-0.2, 0) is 19.2 Å². The van der Waals surface area contributed by atoms with Crippen molar-refractivity contribution in [2.75, 3.05) is 26.2 Å². The monoisotopic (exact) mass is 579 g/mol. The second-order valence-corrected chi connectivity index (χ2v) is 12.0. The molecule has 0 aliphatic carbocycles. The molecule has 236 valence electrons. The Kier molecular flexibility index (Phi) is 16.3. The third-order valence-corrected chi connectivity index (χ3v) is 8.66. The Bertz CT molecular complexity index is 823. The number of carbonyl (C=O) groups excluding carboxylic acids is 3. The van der Waals surface area contributed by atoms with Gasteiger partial charge in [-0.15, -0.1) is 0 Å². The predicted octanol–water partition coefficient (Wildman–Crippen LogP) is 3.65. The van der Waals surface area contributed by atoms with Crippen molar-refractivity contribution in [3.63, 3.8) is 0 Å². The van der Waals surface area contributed by atoms with Crippen molar-refractivity contribution in [1.82, 2.24) is 14.7 Å². The summed E-state index contributed by atoms with van der Waals surface area (Å²) in [5, 5.41) is 10.1. The van der Waals surface area contributed by atoms with E-state index in [4.69, 9.17) is 11.5 Å². The maximum Gasteiger partial charge on any atom is 0.326 e. The van der Waals surface area contributed by atoms with Crippen molar-refractivity contribution in [3.05, 3.63) is 0 Å². The highest BCUT2D eigenvalue weighted by molar-refractivity contribution is 5.94. The molecule has 0 aromatic rings. The van der Waals surface area contributed by atoms with E-state index in [0.29, 0.717) is 71.1 Å². The van der Waals surface area contributed by atoms with Gasteiger partial charge in [0, 0.05) is 19.6 Å². The molecule has 4 atom stereocenters. The second-order valence-electron chi connectivity index (χ2n) is 12.0. The van der Waals surface area contributed by atoms with E-state index in [1.54, 1.807) is 16.7 Å². The first-order valence-electron chi connectivity index (χ1n) is 16.3. The first kappa shape index (κ1) is 35.0. The molecule has 0 unspecified atom stereocenters. The lowest BCUT2D eigenvalue weighted by Crippen LogP contribution is -2.57. The van der Waals surface area contributed by atoms with Crippen LogP contribution in [0, 0.1) is 0 Å². The number of rotatable bonds is 20. The summed E-state index contributed by atoms with van der Waals surface area (Å²) in [6.07, 6.45) is 15.6. The van der Waals surface area contributed by atoms with E-state index in [1.165, 1.54) is 43.4 Å². The molecule has 41 heavy (non-hydrogen) atoms. The number of nitrogens with zero attached hydrogens (tertiary/aromatic N) is 3. The number of carboxylic acid groups (broad SMARTS) is 1. The van der Waals surface area contributed by atoms with E-state index in [-0.39, 0.29) is 17.7 Å². The molecule has 0 aromatic heterocycles. The first-order valence-corrected chi connectivity index (χ1v) is 16.3. The summed E-state index contributed by atoms with van der Waals surface area (Å²) < 4.78 is 0. The van der Waals surface area contributed by atoms with Crippen LogP contribution in [0.2, 0.25) is 0 Å². The molecule has 0 aromatic carbocycles. The van der Waals surface area contributed by atoms with Gasteiger partial charge in [0.2, 0.25) is 17.7 Å². The second kappa shape index (κ2) is 19.1. The SMILES string of the molecule is CCCCCCCCCCCCN(C(=O)[C@@H]1CCCN1C(=O)[C@@H]1CCCN1C(=O)[C@H](C)N)[C@@H](CCCCN)C(=O)O. The first-order chi connectivity index (χ1) is 19.7. The molecule has 0 saturated carbocycles. The summed E-state index contributed by atoms with van der Waals surface area (Å²) in [6.45, 7) is 5.60. The standard InChI is InChI=1S/C31H57N5O5/c1-3-4-5-6-7-8-9-10-11-14-21-36(27(31(40)41)17-12-13-20-32)30(39)26-19-16-23-35(26)29(38)25-18-15-22-34(25)28(37)24(2)33/h24-27H,3-23,32-33H2,1-2H3,(H,40,41)/t24-,25-,26-,27-/m0/s1. The molecule has 2 aliphatic heterocycles. The Hall–Kier alpha value is -2.20. The van der Waals surface area contributed by atoms with Crippen molar-refractivity contribution >= 4 is 23.7 Å². The van der Waals surface area contributed by atoms with Crippen molar-refractivity contribution in [2.45, 2.75) is 147 Å². The zero-order chi connectivity index (χ0) is 30.2. The lowest BCUT2D eigenvalue weighted by atomic mass is 10.0. The van der Waals surface area contributed by atoms with E-state index >= 15 is 0 Å². The zero-order valence-corrected chi connectivity index (χ0v) is 25.7. The number of aliphatic carboxylic acids is 1. The number of hydrogen-bond donors (Lipinski definition) is 3. The molecule has 0 spiro atoms. The lowest BCUT2D eigenvalue weighted by molar-refractivity contribution is -0.155. The summed E-state index contributed by atoms with van der Waals surface area (Å²) in [6, 6.07) is -2.94. The van der Waals surface area contributed by atoms with Gasteiger partial charge < -0.3 is 31.3 Å². The molecule has 2 rings (SSSR count). The fraction of sp³-hybridized carbons (Fsp3) is 0.871. The lowest BCUT2D eigenvalue weighted by Gasteiger charge is -2.36. The molecular weight excluding hydrogens is 522 g/mol. The fourth-order valence-electron chi connectivity index (χ4n) is 6.30. The molecule has 0 radical (unpaired) electrons. The van der Waals surface area contributed by atoms with Crippen molar-refractivity contribution in [3.8, 4) is 0 Å². The van der Waals surface area contributed by atoms with Crippen molar-refractivity contribution in [1.29, 1.82) is 0 Å². The van der Waals surface area contributed by atoms with Gasteiger partial charge in [-0.25, -0.2) is 4.79 Å². The van der Waals surface area contributed by atoms with Gasteiger partial charge in [0.25, 0.3) is 0 Å². The van der Waals surface area contributed by atoms with E-state index < -0.39 is 30.1 Å². The Labute approximate surface area is 247 Å². The quantitative estimate of drug-likeness (QED) is 0.186. The normalized spacial score (nSPS) is 20.3. The molecule has 10 nitrogen and oxygen atoms in total. The van der Waals surface area contributed by atoms with Crippen molar-refractivity contribution in [2.24, 2.45) is 11.5 Å². The van der Waals surface area contributed by atoms with Crippen LogP contribution in [0.25, 0.3) is 0 Å². The summed E-state index contributed by atoms with van der Waals surface area (Å²) in [4.78, 5) is 57.4. The van der Waals surface area contributed by atoms with Crippen LogP contribution in [0.3, 0.4) is 0 Å². The molecular formula is C31H57N5O5. The number of hydrogen-bond acceptors (Lipinski definition) is 6. The predicted molar refractivity (Wildman–Crippen MR) is 161 cm³/mol. The Morgan fingerprint density at radius 2 is 1.39 bits per heavy atom. The minimum Gasteiger partial charge on any atom is -0.480 e. The maximum atomic E-state index is 14.0. The van der Waals surface area contributed by atoms with Gasteiger partial charge in [-0.1, -0.05) is 64.7 Å². The highest BCUT2D eigenvalue weighted by atomic mass is 16.4. The third-order valence-electron chi connectivity index (χ3n) is 8.66. The number of amides is 3. The smallest absolute Gasteiger partial charge is 0.326 e. The van der Waals surface area contributed by atoms with E-state index in [0.717, 1.165) is 25.7 Å². The van der Waals surface area contributed by atoms with Crippen LogP contribution in [0.4, 0.5) is 0 Å². The third kappa shape index (κ3) is 10.9. The Morgan fingerprint density at radius 1 is 0.829 bits per heavy atom. The number of nitrogens with two attached hydrogens (primary N) is 2. The Morgan fingerprint density at radius 3 is 1.95 bits per heavy atom. The van der Waals surface area contributed by atoms with Gasteiger partial charge in [0.15, 0.2) is 0 Å². The Balaban J connectivity index is 2.07. The zero-order valence-electron chi connectivity index (χ0n) is 25.7. The van der Waals surface area contributed by atoms with Gasteiger partial charge in [0.1, 0.15) is 18.1 Å². The largest absolute Gasteiger partial charge is 0.480 e. The number of unbranched alkanes of at least 4 members (excludes halogenated alkanes) is 10. The highest BCUT2D eigenvalue weighted by Crippen LogP contribution is 2.27. The van der Waals surface area contributed by atoms with Crippen LogP contribution >= 0.6 is 0 Å². The maximum absolute atomic E-state index is 14.0. The topological polar surface area (TPSA) is 150 Å². The number of carboxylic acids is 1. The summed E-state index contributed by atoms with van der Waals surface area (Å²) in [7, 11) is 0. The molecule has 10 heteroatoms. The van der Waals surface area contributed by atoms with Gasteiger partial charge in [-0.3, -0.25) is 14.4 Å². The summed E-state index contributed by atoms with van der Waals surface area (Å²) in [5.74, 6) is -1.77. The van der Waals surface area contributed by atoms with Crippen LogP contribution in [0.5, 0.6) is 0 Å². The van der Waals surface area contributed by atoms with E-state index in [1.807, 2.05) is 0 Å². The van der Waals surface area contributed by atoms with Gasteiger partial charge in [-0.2, -0.15) is 0 Å². The summed E-state index contributed by atoms with van der Waals surface area (Å²) in [5.41, 5.74) is 11.5. The minimum atomic E-state index is -1.01. The van der Waals surface area contributed by atoms with Gasteiger partial charge >= 0.3 is 5.97 Å². The average molecular weight is 580 g/mol. The molecule has 2 saturated heterocycles. The van der Waals surface area contributed by atoms with Crippen LogP contribution in [0.15, 0.2) is 0 Å². The molecule has 2 heterocycles. The fourth-order valence-corrected chi connectivity index (χ4v) is 6.30. The molecule has 3 amide bonds. The van der Waals surface area contributed by atoms with Crippen molar-refractivity contribution < 1.29 is 24.3 Å². The number of carbonyl (C=O) groups is 4. The van der Waals surface area contributed by atoms with Crippen LogP contribution < -0.4 is 11.5 Å². The van der Waals surface area contributed by atoms with Gasteiger partial charge in [-0.05, 0) is 64.8 Å². The summed E-state index contributed by atoms with van der Waals surface area (Å²) >= 11 is 0. The van der Waals surface area contributed by atoms with Gasteiger partial charge in [0.05, 0.1) is 6.04 Å². The van der Waals surface area contributed by atoms with E-state index in [2.05, 4.69) is 6.92 Å². The van der Waals surface area contributed by atoms with E-state index in [9.17, 15) is 24.3 Å². The molecule has 2 fully saturated rings. The van der Waals surface area contributed by atoms with Crippen LogP contribution in [-0.4, -0.2) is 93.8 Å². The molecule has 2 aliphatic rings.